The summed E-state index contributed by atoms with van der Waals surface area (Å²) in [4.78, 5) is 40.6. The Hall–Kier alpha value is -3.28. The normalized spacial score (nSPS) is 24.9. The predicted octanol–water partition coefficient (Wildman–Crippen LogP) is 5.38. The first-order valence-corrected chi connectivity index (χ1v) is 13.4. The van der Waals surface area contributed by atoms with Crippen LogP contribution in [0.15, 0.2) is 29.9 Å². The van der Waals surface area contributed by atoms with Crippen LogP contribution in [-0.2, 0) is 28.5 Å². The number of nitrogens with zero attached hydrogens (tertiary/aromatic N) is 1. The van der Waals surface area contributed by atoms with Crippen molar-refractivity contribution < 1.29 is 47.2 Å². The molecule has 1 unspecified atom stereocenters. The van der Waals surface area contributed by atoms with Gasteiger partial charge in [-0.3, -0.25) is 9.69 Å². The number of allylic oxidation sites excluding steroid dienone is 1. The number of rotatable bonds is 4. The maximum atomic E-state index is 15.1. The molecule has 2 heterocycles. The van der Waals surface area contributed by atoms with Gasteiger partial charge in [-0.25, -0.2) is 14.0 Å². The number of halogens is 1. The number of alkyl halides is 1. The molecule has 0 saturated carbocycles. The summed E-state index contributed by atoms with van der Waals surface area (Å²) in [5.41, 5.74) is 0.420. The number of methoxy groups -OCH3 is 1. The predicted molar refractivity (Wildman–Crippen MR) is 150 cm³/mol. The monoisotopic (exact) mass is 577 g/mol. The molecule has 1 aromatic carbocycles. The van der Waals surface area contributed by atoms with Crippen LogP contribution in [0.2, 0.25) is 0 Å². The lowest BCUT2D eigenvalue weighted by molar-refractivity contribution is -0.156. The number of benzene rings is 1. The van der Waals surface area contributed by atoms with Crippen molar-refractivity contribution in [3.05, 3.63) is 41.0 Å². The van der Waals surface area contributed by atoms with Gasteiger partial charge in [0.2, 0.25) is 5.78 Å². The van der Waals surface area contributed by atoms with E-state index < -0.39 is 53.7 Å². The summed E-state index contributed by atoms with van der Waals surface area (Å²) in [7, 11) is 2.97. The van der Waals surface area contributed by atoms with Gasteiger partial charge in [0, 0.05) is 20.2 Å². The molecule has 0 radical (unpaired) electrons. The van der Waals surface area contributed by atoms with Crippen LogP contribution in [0.4, 0.5) is 14.9 Å². The van der Waals surface area contributed by atoms with Gasteiger partial charge >= 0.3 is 12.1 Å². The van der Waals surface area contributed by atoms with E-state index in [0.29, 0.717) is 16.8 Å². The molecule has 0 aliphatic carbocycles. The number of hydrogen-bond acceptors (Lipinski definition) is 9. The van der Waals surface area contributed by atoms with E-state index >= 15 is 4.39 Å². The summed E-state index contributed by atoms with van der Waals surface area (Å²) in [6.07, 6.45) is -0.776. The Morgan fingerprint density at radius 3 is 2.51 bits per heavy atom. The molecule has 1 fully saturated rings. The molecule has 2 aliphatic rings. The maximum Gasteiger partial charge on any atom is 0.414 e. The highest BCUT2D eigenvalue weighted by Crippen LogP contribution is 2.35. The molecule has 226 valence electrons. The summed E-state index contributed by atoms with van der Waals surface area (Å²) >= 11 is 0. The highest BCUT2D eigenvalue weighted by atomic mass is 19.1. The van der Waals surface area contributed by atoms with E-state index in [1.807, 2.05) is 0 Å². The number of carbonyl (C=O) groups is 3. The minimum atomic E-state index is -1.98. The second-order valence-electron chi connectivity index (χ2n) is 11.5. The van der Waals surface area contributed by atoms with Crippen molar-refractivity contribution in [3.63, 3.8) is 0 Å². The van der Waals surface area contributed by atoms with Crippen LogP contribution in [0.3, 0.4) is 0 Å². The Labute approximate surface area is 240 Å². The minimum absolute atomic E-state index is 0.0738. The standard InChI is InChI=1S/C30H40FNO9/c1-17-13-21(31)25(33)26-22(39-30(6,7)40-26)12-10-11-19-14-20(32(8)28(35)41-29(3,4)5)15-23(37-16-36-9)24(19)27(34)38-18(17)2/h10-11,13-15,18,21-22,26H,12,16H2,1-9H3/t18-,21?,22+,26+/m0/s1. The Kier molecular flexibility index (Phi) is 9.99. The summed E-state index contributed by atoms with van der Waals surface area (Å²) in [6.45, 7) is 11.5. The van der Waals surface area contributed by atoms with Gasteiger partial charge in [0.25, 0.3) is 0 Å². The van der Waals surface area contributed by atoms with Crippen molar-refractivity contribution in [1.82, 2.24) is 0 Å². The lowest BCUT2D eigenvalue weighted by Crippen LogP contribution is -2.37. The Morgan fingerprint density at radius 1 is 1.20 bits per heavy atom. The number of Topliss-reactive ketones (excluding diaryl/α,β-unsaturated/α-hetero) is 1. The van der Waals surface area contributed by atoms with E-state index in [4.69, 9.17) is 28.4 Å². The summed E-state index contributed by atoms with van der Waals surface area (Å²) in [5, 5.41) is 0. The van der Waals surface area contributed by atoms with Gasteiger partial charge in [-0.2, -0.15) is 0 Å². The zero-order chi connectivity index (χ0) is 30.7. The third-order valence-corrected chi connectivity index (χ3v) is 6.44. The molecule has 41 heavy (non-hydrogen) atoms. The average molecular weight is 578 g/mol. The number of anilines is 1. The van der Waals surface area contributed by atoms with E-state index in [9.17, 15) is 14.4 Å². The van der Waals surface area contributed by atoms with E-state index in [-0.39, 0.29) is 24.5 Å². The largest absolute Gasteiger partial charge is 0.467 e. The first kappa shape index (κ1) is 32.2. The van der Waals surface area contributed by atoms with Gasteiger partial charge in [0.15, 0.2) is 18.8 Å². The van der Waals surface area contributed by atoms with Crippen molar-refractivity contribution in [2.45, 2.75) is 90.8 Å². The van der Waals surface area contributed by atoms with Crippen molar-refractivity contribution in [2.75, 3.05) is 25.9 Å². The number of carbonyl (C=O) groups excluding carboxylic acids is 3. The van der Waals surface area contributed by atoms with Crippen molar-refractivity contribution >= 4 is 29.6 Å². The highest BCUT2D eigenvalue weighted by molar-refractivity contribution is 5.99. The highest BCUT2D eigenvalue weighted by Gasteiger charge is 2.46. The Bertz CT molecular complexity index is 1220. The molecule has 0 bridgehead atoms. The van der Waals surface area contributed by atoms with Gasteiger partial charge in [0.05, 0.1) is 11.8 Å². The Balaban J connectivity index is 2.15. The molecular formula is C30H40FNO9. The lowest BCUT2D eigenvalue weighted by atomic mass is 9.99. The van der Waals surface area contributed by atoms with E-state index in [1.165, 1.54) is 25.1 Å². The fourth-order valence-corrected chi connectivity index (χ4v) is 4.33. The summed E-state index contributed by atoms with van der Waals surface area (Å²) in [5.74, 6) is -2.52. The molecule has 11 heteroatoms. The van der Waals surface area contributed by atoms with Gasteiger partial charge < -0.3 is 28.4 Å². The molecule has 0 N–H and O–H groups in total. The molecular weight excluding hydrogens is 537 g/mol. The van der Waals surface area contributed by atoms with Crippen LogP contribution in [0.1, 0.15) is 70.8 Å². The van der Waals surface area contributed by atoms with E-state index in [2.05, 4.69) is 0 Å². The van der Waals surface area contributed by atoms with Crippen LogP contribution in [0, 0.1) is 0 Å². The number of amides is 1. The second-order valence-corrected chi connectivity index (χ2v) is 11.5. The third-order valence-electron chi connectivity index (χ3n) is 6.44. The van der Waals surface area contributed by atoms with Crippen LogP contribution in [0.25, 0.3) is 6.08 Å². The second kappa shape index (κ2) is 12.7. The van der Waals surface area contributed by atoms with Gasteiger partial charge in [0.1, 0.15) is 29.1 Å². The van der Waals surface area contributed by atoms with Crippen molar-refractivity contribution in [3.8, 4) is 5.75 Å². The molecule has 0 spiro atoms. The molecule has 10 nitrogen and oxygen atoms in total. The molecule has 0 aromatic heterocycles. The van der Waals surface area contributed by atoms with Crippen LogP contribution >= 0.6 is 0 Å². The fourth-order valence-electron chi connectivity index (χ4n) is 4.33. The smallest absolute Gasteiger partial charge is 0.414 e. The molecule has 1 amide bonds. The third kappa shape index (κ3) is 8.15. The van der Waals surface area contributed by atoms with Crippen molar-refractivity contribution in [1.29, 1.82) is 0 Å². The first-order valence-electron chi connectivity index (χ1n) is 13.4. The number of hydrogen-bond donors (Lipinski definition) is 0. The van der Waals surface area contributed by atoms with Crippen LogP contribution in [0.5, 0.6) is 5.75 Å². The SMILES string of the molecule is COCOc1cc(N(C)C(=O)OC(C)(C)C)cc2c1C(=O)O[C@@H](C)C(C)=CC(F)C(=O)[C@@H]1OC(C)(C)O[C@@H]1CC=C2. The average Bonchev–Trinajstić information content (AvgIpc) is 3.18. The number of fused-ring (bicyclic) bond motifs is 2. The topological polar surface area (TPSA) is 110 Å². The zero-order valence-electron chi connectivity index (χ0n) is 25.1. The lowest BCUT2D eigenvalue weighted by Gasteiger charge is -2.26. The maximum absolute atomic E-state index is 15.1. The quantitative estimate of drug-likeness (QED) is 0.265. The van der Waals surface area contributed by atoms with Crippen molar-refractivity contribution in [2.24, 2.45) is 0 Å². The number of esters is 1. The van der Waals surface area contributed by atoms with Gasteiger partial charge in [-0.05, 0) is 78.2 Å². The fraction of sp³-hybridized carbons (Fsp3) is 0.567. The number of ether oxygens (including phenoxy) is 6. The molecule has 2 aliphatic heterocycles. The van der Waals surface area contributed by atoms with E-state index in [0.717, 1.165) is 6.08 Å². The number of ketones is 1. The summed E-state index contributed by atoms with van der Waals surface area (Å²) in [6, 6.07) is 3.13. The van der Waals surface area contributed by atoms with Crippen LogP contribution < -0.4 is 9.64 Å². The van der Waals surface area contributed by atoms with Crippen LogP contribution in [-0.4, -0.2) is 74.7 Å². The van der Waals surface area contributed by atoms with E-state index in [1.54, 1.807) is 66.7 Å². The Morgan fingerprint density at radius 2 is 1.88 bits per heavy atom. The molecule has 1 saturated heterocycles. The molecule has 4 atom stereocenters. The summed E-state index contributed by atoms with van der Waals surface area (Å²) < 4.78 is 48.8. The zero-order valence-corrected chi connectivity index (χ0v) is 25.1. The first-order chi connectivity index (χ1) is 19.0. The number of cyclic esters (lactones) is 1. The minimum Gasteiger partial charge on any atom is -0.467 e. The van der Waals surface area contributed by atoms with Gasteiger partial charge in [-0.15, -0.1) is 0 Å². The van der Waals surface area contributed by atoms with Gasteiger partial charge in [-0.1, -0.05) is 12.2 Å². The molecule has 3 rings (SSSR count). The molecule has 1 aromatic rings.